The van der Waals surface area contributed by atoms with Crippen LogP contribution in [0.15, 0.2) is 0 Å². The normalized spacial score (nSPS) is 14.2. The van der Waals surface area contributed by atoms with E-state index in [0.29, 0.717) is 0 Å². The van der Waals surface area contributed by atoms with E-state index in [4.69, 9.17) is 15.1 Å². The minimum absolute atomic E-state index is 0.520. The highest BCUT2D eigenvalue weighted by Crippen LogP contribution is 2.40. The van der Waals surface area contributed by atoms with Crippen LogP contribution in [0.3, 0.4) is 0 Å². The van der Waals surface area contributed by atoms with Crippen molar-refractivity contribution in [2.75, 3.05) is 12.3 Å². The van der Waals surface area contributed by atoms with Crippen LogP contribution in [-0.4, -0.2) is 45.2 Å². The Labute approximate surface area is 85.2 Å². The van der Waals surface area contributed by atoms with Crippen molar-refractivity contribution in [3.63, 3.8) is 0 Å². The van der Waals surface area contributed by atoms with E-state index < -0.39 is 50.3 Å². The Balaban J connectivity index is 4.13. The summed E-state index contributed by atoms with van der Waals surface area (Å²) in [7, 11) is -3.85. The highest BCUT2D eigenvalue weighted by molar-refractivity contribution is 7.59. The number of carboxylic acid groups (broad SMARTS) is 2. The molecule has 0 aromatic carbocycles. The predicted molar refractivity (Wildman–Crippen MR) is 49.1 cm³/mol. The van der Waals surface area contributed by atoms with Crippen LogP contribution >= 0.6 is 7.37 Å². The lowest BCUT2D eigenvalue weighted by molar-refractivity contribution is -0.140. The fraction of sp³-hybridized carbons (Fsp3) is 0.571. The molecule has 0 fully saturated rings. The van der Waals surface area contributed by atoms with Gasteiger partial charge < -0.3 is 15.1 Å². The maximum atomic E-state index is 11.2. The van der Waals surface area contributed by atoms with Crippen LogP contribution in [0.4, 0.5) is 0 Å². The van der Waals surface area contributed by atoms with Gasteiger partial charge in [-0.15, -0.1) is 0 Å². The first-order chi connectivity index (χ1) is 6.73. The summed E-state index contributed by atoms with van der Waals surface area (Å²) in [6, 6.07) is 0. The quantitative estimate of drug-likeness (QED) is 0.412. The summed E-state index contributed by atoms with van der Waals surface area (Å²) in [5, 5.41) is 16.5. The molecule has 0 aromatic heterocycles. The molecule has 0 amide bonds. The summed E-state index contributed by atoms with van der Waals surface area (Å²) >= 11 is 0. The van der Waals surface area contributed by atoms with E-state index >= 15 is 0 Å². The van der Waals surface area contributed by atoms with Gasteiger partial charge in [0, 0.05) is 6.16 Å². The number of carboxylic acids is 2. The Kier molecular flexibility index (Phi) is 5.18. The second-order valence-corrected chi connectivity index (χ2v) is 5.44. The van der Waals surface area contributed by atoms with Crippen LogP contribution in [0.2, 0.25) is 0 Å². The summed E-state index contributed by atoms with van der Waals surface area (Å²) in [6.07, 6.45) is -2.65. The van der Waals surface area contributed by atoms with Crippen molar-refractivity contribution in [3.8, 4) is 0 Å². The molecule has 8 heteroatoms. The van der Waals surface area contributed by atoms with Crippen molar-refractivity contribution in [2.45, 2.75) is 12.8 Å². The Morgan fingerprint density at radius 2 is 1.60 bits per heavy atom. The Bertz CT molecular complexity index is 321. The number of hydrogen-bond donors (Lipinski definition) is 3. The molecular weight excluding hydrogens is 227 g/mol. The van der Waals surface area contributed by atoms with Crippen LogP contribution in [0.5, 0.6) is 0 Å². The fourth-order valence-electron chi connectivity index (χ4n) is 0.850. The minimum Gasteiger partial charge on any atom is -0.481 e. The monoisotopic (exact) mass is 238 g/mol. The van der Waals surface area contributed by atoms with Crippen LogP contribution in [-0.2, 0) is 18.9 Å². The third kappa shape index (κ3) is 7.84. The van der Waals surface area contributed by atoms with Crippen molar-refractivity contribution in [1.29, 1.82) is 0 Å². The van der Waals surface area contributed by atoms with Crippen molar-refractivity contribution < 1.29 is 34.1 Å². The average Bonchev–Trinajstić information content (AvgIpc) is 1.98. The summed E-state index contributed by atoms with van der Waals surface area (Å²) in [5.41, 5.74) is 0. The summed E-state index contributed by atoms with van der Waals surface area (Å²) < 4.78 is 11.2. The summed E-state index contributed by atoms with van der Waals surface area (Å²) in [5.74, 6) is -3.49. The molecule has 0 spiro atoms. The van der Waals surface area contributed by atoms with Crippen molar-refractivity contribution in [2.24, 2.45) is 0 Å². The van der Waals surface area contributed by atoms with E-state index in [1.165, 1.54) is 0 Å². The van der Waals surface area contributed by atoms with E-state index in [2.05, 4.69) is 0 Å². The van der Waals surface area contributed by atoms with Gasteiger partial charge in [0.15, 0.2) is 5.78 Å². The highest BCUT2D eigenvalue weighted by atomic mass is 31.2. The zero-order valence-corrected chi connectivity index (χ0v) is 8.64. The van der Waals surface area contributed by atoms with Gasteiger partial charge in [-0.2, -0.15) is 0 Å². The summed E-state index contributed by atoms with van der Waals surface area (Å²) in [4.78, 5) is 40.2. The number of carbonyl (C=O) groups is 3. The molecule has 0 aliphatic rings. The molecule has 0 radical (unpaired) electrons. The third-order valence-electron chi connectivity index (χ3n) is 1.45. The van der Waals surface area contributed by atoms with Gasteiger partial charge in [-0.3, -0.25) is 18.9 Å². The van der Waals surface area contributed by atoms with Gasteiger partial charge >= 0.3 is 11.9 Å². The zero-order valence-electron chi connectivity index (χ0n) is 7.75. The Hall–Kier alpha value is -1.20. The smallest absolute Gasteiger partial charge is 0.310 e. The topological polar surface area (TPSA) is 129 Å². The van der Waals surface area contributed by atoms with Crippen LogP contribution in [0.1, 0.15) is 12.8 Å². The first kappa shape index (κ1) is 13.8. The SMILES string of the molecule is O=C(O)CCP(=O)(O)CC(=O)CC(=O)O. The van der Waals surface area contributed by atoms with E-state index in [1.54, 1.807) is 0 Å². The second kappa shape index (κ2) is 5.63. The predicted octanol–water partition coefficient (Wildman–Crippen LogP) is -0.225. The van der Waals surface area contributed by atoms with Gasteiger partial charge in [-0.05, 0) is 0 Å². The molecule has 0 saturated carbocycles. The highest BCUT2D eigenvalue weighted by Gasteiger charge is 2.24. The van der Waals surface area contributed by atoms with Crippen LogP contribution in [0, 0.1) is 0 Å². The van der Waals surface area contributed by atoms with Crippen LogP contribution in [0.25, 0.3) is 0 Å². The number of Topliss-reactive ketones (excluding diaryl/α,β-unsaturated/α-hetero) is 1. The molecular formula is C7H11O7P. The lowest BCUT2D eigenvalue weighted by Crippen LogP contribution is -2.13. The molecule has 1 unspecified atom stereocenters. The number of carbonyl (C=O) groups excluding carboxylic acids is 1. The van der Waals surface area contributed by atoms with E-state index in [-0.39, 0.29) is 0 Å². The second-order valence-electron chi connectivity index (χ2n) is 2.98. The third-order valence-corrected chi connectivity index (χ3v) is 3.22. The first-order valence-electron chi connectivity index (χ1n) is 3.99. The number of hydrogen-bond acceptors (Lipinski definition) is 4. The molecule has 0 aliphatic heterocycles. The maximum Gasteiger partial charge on any atom is 0.310 e. The van der Waals surface area contributed by atoms with Gasteiger partial charge in [0.05, 0.1) is 12.6 Å². The van der Waals surface area contributed by atoms with Gasteiger partial charge in [0.25, 0.3) is 0 Å². The number of ketones is 1. The van der Waals surface area contributed by atoms with Crippen molar-refractivity contribution in [3.05, 3.63) is 0 Å². The van der Waals surface area contributed by atoms with E-state index in [1.807, 2.05) is 0 Å². The molecule has 0 bridgehead atoms. The number of rotatable bonds is 7. The molecule has 1 atom stereocenters. The van der Waals surface area contributed by atoms with E-state index in [9.17, 15) is 18.9 Å². The standard InChI is InChI=1S/C7H11O7P/c8-5(3-7(11)12)4-15(13,14)2-1-6(9)10/h1-4H2,(H,9,10)(H,11,12)(H,13,14). The van der Waals surface area contributed by atoms with Crippen molar-refractivity contribution >= 4 is 25.1 Å². The first-order valence-corrected chi connectivity index (χ1v) is 6.02. The molecule has 0 saturated heterocycles. The molecule has 0 aromatic rings. The molecule has 0 heterocycles. The van der Waals surface area contributed by atoms with Crippen molar-refractivity contribution in [1.82, 2.24) is 0 Å². The van der Waals surface area contributed by atoms with Gasteiger partial charge in [0.1, 0.15) is 6.42 Å². The minimum atomic E-state index is -3.85. The van der Waals surface area contributed by atoms with Gasteiger partial charge in [-0.1, -0.05) is 0 Å². The van der Waals surface area contributed by atoms with Crippen LogP contribution < -0.4 is 0 Å². The molecule has 0 rings (SSSR count). The number of aliphatic carboxylic acids is 2. The lowest BCUT2D eigenvalue weighted by atomic mass is 10.3. The lowest BCUT2D eigenvalue weighted by Gasteiger charge is -2.07. The van der Waals surface area contributed by atoms with Gasteiger partial charge in [0.2, 0.25) is 7.37 Å². The molecule has 15 heavy (non-hydrogen) atoms. The average molecular weight is 238 g/mol. The summed E-state index contributed by atoms with van der Waals surface area (Å²) in [6.45, 7) is 0. The molecule has 86 valence electrons. The zero-order chi connectivity index (χ0) is 12.1. The van der Waals surface area contributed by atoms with Gasteiger partial charge in [-0.25, -0.2) is 0 Å². The maximum absolute atomic E-state index is 11.2. The molecule has 0 aliphatic carbocycles. The Morgan fingerprint density at radius 3 is 2.00 bits per heavy atom. The van der Waals surface area contributed by atoms with E-state index in [0.717, 1.165) is 0 Å². The Morgan fingerprint density at radius 1 is 1.07 bits per heavy atom. The molecule has 7 nitrogen and oxygen atoms in total. The largest absolute Gasteiger partial charge is 0.481 e. The molecule has 3 N–H and O–H groups in total. The fourth-order valence-corrected chi connectivity index (χ4v) is 2.21.